The van der Waals surface area contributed by atoms with Crippen LogP contribution in [0.5, 0.6) is 5.75 Å². The molecule has 0 fully saturated rings. The molecule has 0 aromatic heterocycles. The molecule has 0 heterocycles. The molecular formula is C20H23N3O4S. The Bertz CT molecular complexity index is 884. The summed E-state index contributed by atoms with van der Waals surface area (Å²) in [7, 11) is 0. The number of thiocarbonyl (C=S) groups is 1. The van der Waals surface area contributed by atoms with Gasteiger partial charge < -0.3 is 10.1 Å². The number of amides is 1. The van der Waals surface area contributed by atoms with Gasteiger partial charge in [0.1, 0.15) is 5.75 Å². The fourth-order valence-electron chi connectivity index (χ4n) is 2.33. The first kappa shape index (κ1) is 21.3. The summed E-state index contributed by atoms with van der Waals surface area (Å²) in [6.45, 7) is 6.59. The molecule has 7 nitrogen and oxygen atoms in total. The van der Waals surface area contributed by atoms with Gasteiger partial charge in [-0.3, -0.25) is 20.2 Å². The molecule has 0 aliphatic carbocycles. The molecule has 2 N–H and O–H groups in total. The highest BCUT2D eigenvalue weighted by molar-refractivity contribution is 7.80. The summed E-state index contributed by atoms with van der Waals surface area (Å²) in [6, 6.07) is 11.2. The van der Waals surface area contributed by atoms with E-state index < -0.39 is 10.8 Å². The van der Waals surface area contributed by atoms with Crippen molar-refractivity contribution in [2.45, 2.75) is 27.2 Å². The lowest BCUT2D eigenvalue weighted by atomic mass is 10.1. The van der Waals surface area contributed by atoms with E-state index in [1.54, 1.807) is 37.3 Å². The number of hydrogen-bond acceptors (Lipinski definition) is 5. The molecule has 2 aromatic rings. The lowest BCUT2D eigenvalue weighted by molar-refractivity contribution is -0.384. The second kappa shape index (κ2) is 9.80. The molecule has 0 saturated heterocycles. The van der Waals surface area contributed by atoms with Crippen LogP contribution in [-0.4, -0.2) is 22.5 Å². The van der Waals surface area contributed by atoms with Crippen LogP contribution < -0.4 is 15.4 Å². The zero-order chi connectivity index (χ0) is 20.7. The highest BCUT2D eigenvalue weighted by atomic mass is 32.1. The minimum absolute atomic E-state index is 0.0553. The summed E-state index contributed by atoms with van der Waals surface area (Å²) >= 11 is 5.17. The van der Waals surface area contributed by atoms with E-state index in [2.05, 4.69) is 24.5 Å². The highest BCUT2D eigenvalue weighted by Gasteiger charge is 2.12. The first-order valence-electron chi connectivity index (χ1n) is 8.86. The topological polar surface area (TPSA) is 93.5 Å². The van der Waals surface area contributed by atoms with Gasteiger partial charge in [-0.2, -0.15) is 0 Å². The average molecular weight is 401 g/mol. The molecule has 2 aromatic carbocycles. The number of anilines is 1. The SMILES string of the molecule is Cc1ccc([N+](=O)[O-])cc1NC(=S)NC(=O)c1cccc(OCCC(C)C)c1. The third-order valence-electron chi connectivity index (χ3n) is 3.97. The van der Waals surface area contributed by atoms with E-state index in [9.17, 15) is 14.9 Å². The predicted molar refractivity (Wildman–Crippen MR) is 113 cm³/mol. The normalized spacial score (nSPS) is 10.4. The fraction of sp³-hybridized carbons (Fsp3) is 0.300. The molecule has 0 radical (unpaired) electrons. The van der Waals surface area contributed by atoms with Crippen LogP contribution in [0.4, 0.5) is 11.4 Å². The third-order valence-corrected chi connectivity index (χ3v) is 4.17. The van der Waals surface area contributed by atoms with Crippen LogP contribution in [0.25, 0.3) is 0 Å². The van der Waals surface area contributed by atoms with Crippen molar-refractivity contribution >= 4 is 34.6 Å². The second-order valence-electron chi connectivity index (χ2n) is 6.72. The molecule has 28 heavy (non-hydrogen) atoms. The van der Waals surface area contributed by atoms with Crippen LogP contribution in [0.2, 0.25) is 0 Å². The summed E-state index contributed by atoms with van der Waals surface area (Å²) in [6.07, 6.45) is 0.924. The number of ether oxygens (including phenoxy) is 1. The molecule has 0 saturated carbocycles. The second-order valence-corrected chi connectivity index (χ2v) is 7.13. The summed E-state index contributed by atoms with van der Waals surface area (Å²) in [5, 5.41) is 16.4. The molecule has 0 aliphatic rings. The predicted octanol–water partition coefficient (Wildman–Crippen LogP) is 4.45. The maximum atomic E-state index is 12.4. The monoisotopic (exact) mass is 401 g/mol. The van der Waals surface area contributed by atoms with Crippen LogP contribution in [-0.2, 0) is 0 Å². The number of nitrogens with zero attached hydrogens (tertiary/aromatic N) is 1. The molecular weight excluding hydrogens is 378 g/mol. The number of aryl methyl sites for hydroxylation is 1. The van der Waals surface area contributed by atoms with Crippen molar-refractivity contribution in [3.05, 3.63) is 63.7 Å². The van der Waals surface area contributed by atoms with E-state index >= 15 is 0 Å². The first-order valence-corrected chi connectivity index (χ1v) is 9.27. The first-order chi connectivity index (χ1) is 13.3. The standard InChI is InChI=1S/C20H23N3O4S/c1-13(2)9-10-27-17-6-4-5-15(11-17)19(24)22-20(28)21-18-12-16(23(25)26)8-7-14(18)3/h4-8,11-13H,9-10H2,1-3H3,(H2,21,22,24,28). The van der Waals surface area contributed by atoms with Gasteiger partial charge in [-0.15, -0.1) is 0 Å². The lowest BCUT2D eigenvalue weighted by Crippen LogP contribution is -2.34. The summed E-state index contributed by atoms with van der Waals surface area (Å²) in [5.74, 6) is 0.754. The average Bonchev–Trinajstić information content (AvgIpc) is 2.63. The number of hydrogen-bond donors (Lipinski definition) is 2. The largest absolute Gasteiger partial charge is 0.494 e. The van der Waals surface area contributed by atoms with Gasteiger partial charge in [-0.05, 0) is 55.2 Å². The number of carbonyl (C=O) groups is 1. The number of rotatable bonds is 7. The smallest absolute Gasteiger partial charge is 0.271 e. The molecule has 0 spiro atoms. The van der Waals surface area contributed by atoms with Crippen molar-refractivity contribution in [1.82, 2.24) is 5.32 Å². The van der Waals surface area contributed by atoms with Gasteiger partial charge in [0.05, 0.1) is 11.5 Å². The van der Waals surface area contributed by atoms with Gasteiger partial charge in [0.2, 0.25) is 0 Å². The van der Waals surface area contributed by atoms with Gasteiger partial charge in [-0.1, -0.05) is 26.0 Å². The third kappa shape index (κ3) is 6.31. The molecule has 2 rings (SSSR count). The number of nitro groups is 1. The summed E-state index contributed by atoms with van der Waals surface area (Å²) < 4.78 is 5.67. The van der Waals surface area contributed by atoms with E-state index in [0.29, 0.717) is 29.5 Å². The molecule has 0 bridgehead atoms. The van der Waals surface area contributed by atoms with Gasteiger partial charge in [-0.25, -0.2) is 0 Å². The van der Waals surface area contributed by atoms with Crippen LogP contribution in [0.3, 0.4) is 0 Å². The van der Waals surface area contributed by atoms with Crippen molar-refractivity contribution in [2.75, 3.05) is 11.9 Å². The van der Waals surface area contributed by atoms with Gasteiger partial charge >= 0.3 is 0 Å². The van der Waals surface area contributed by atoms with Crippen molar-refractivity contribution in [2.24, 2.45) is 5.92 Å². The van der Waals surface area contributed by atoms with Crippen LogP contribution >= 0.6 is 12.2 Å². The minimum atomic E-state index is -0.489. The van der Waals surface area contributed by atoms with Gasteiger partial charge in [0.25, 0.3) is 11.6 Å². The highest BCUT2D eigenvalue weighted by Crippen LogP contribution is 2.22. The summed E-state index contributed by atoms with van der Waals surface area (Å²) in [5.41, 5.74) is 1.57. The molecule has 0 atom stereocenters. The molecule has 1 amide bonds. The molecule has 0 aliphatic heterocycles. The van der Waals surface area contributed by atoms with E-state index in [-0.39, 0.29) is 10.8 Å². The maximum absolute atomic E-state index is 12.4. The van der Waals surface area contributed by atoms with Crippen LogP contribution in [0.1, 0.15) is 36.2 Å². The van der Waals surface area contributed by atoms with E-state index in [4.69, 9.17) is 17.0 Å². The number of carbonyl (C=O) groups excluding carboxylic acids is 1. The summed E-state index contributed by atoms with van der Waals surface area (Å²) in [4.78, 5) is 22.9. The van der Waals surface area contributed by atoms with Crippen LogP contribution in [0, 0.1) is 23.0 Å². The van der Waals surface area contributed by atoms with Crippen molar-refractivity contribution in [1.29, 1.82) is 0 Å². The van der Waals surface area contributed by atoms with E-state index in [1.165, 1.54) is 12.1 Å². The quantitative estimate of drug-likeness (QED) is 0.404. The van der Waals surface area contributed by atoms with Crippen molar-refractivity contribution in [3.63, 3.8) is 0 Å². The van der Waals surface area contributed by atoms with E-state index in [0.717, 1.165) is 12.0 Å². The molecule has 148 valence electrons. The maximum Gasteiger partial charge on any atom is 0.271 e. The Morgan fingerprint density at radius 2 is 2.00 bits per heavy atom. The molecule has 8 heteroatoms. The fourth-order valence-corrected chi connectivity index (χ4v) is 2.53. The van der Waals surface area contributed by atoms with Crippen LogP contribution in [0.15, 0.2) is 42.5 Å². The zero-order valence-corrected chi connectivity index (χ0v) is 16.8. The Morgan fingerprint density at radius 1 is 1.25 bits per heavy atom. The lowest BCUT2D eigenvalue weighted by Gasteiger charge is -2.12. The number of non-ortho nitro benzene ring substituents is 1. The van der Waals surface area contributed by atoms with Crippen molar-refractivity contribution < 1.29 is 14.5 Å². The Labute approximate surface area is 169 Å². The zero-order valence-electron chi connectivity index (χ0n) is 16.0. The molecule has 0 unspecified atom stereocenters. The van der Waals surface area contributed by atoms with Crippen molar-refractivity contribution in [3.8, 4) is 5.75 Å². The van der Waals surface area contributed by atoms with Gasteiger partial charge in [0, 0.05) is 23.4 Å². The Balaban J connectivity index is 2.00. The number of benzene rings is 2. The minimum Gasteiger partial charge on any atom is -0.494 e. The Morgan fingerprint density at radius 3 is 2.68 bits per heavy atom. The number of nitro benzene ring substituents is 1. The van der Waals surface area contributed by atoms with E-state index in [1.807, 2.05) is 0 Å². The number of nitrogens with one attached hydrogen (secondary N) is 2. The van der Waals surface area contributed by atoms with Gasteiger partial charge in [0.15, 0.2) is 5.11 Å². The Kier molecular flexibility index (Phi) is 7.45. The Hall–Kier alpha value is -3.00.